The molecule has 0 unspecified atom stereocenters. The number of amides is 2. The summed E-state index contributed by atoms with van der Waals surface area (Å²) in [5.41, 5.74) is 0.909. The summed E-state index contributed by atoms with van der Waals surface area (Å²) in [6, 6.07) is 8.49. The number of rotatable bonds is 5. The van der Waals surface area contributed by atoms with Crippen molar-refractivity contribution in [2.45, 2.75) is 13.3 Å². The van der Waals surface area contributed by atoms with Gasteiger partial charge in [0.05, 0.1) is 17.7 Å². The third-order valence-corrected chi connectivity index (χ3v) is 2.92. The Hall–Kier alpha value is -2.55. The predicted octanol–water partition coefficient (Wildman–Crippen LogP) is 1.91. The minimum Gasteiger partial charge on any atom is -0.481 e. The lowest BCUT2D eigenvalue weighted by atomic mass is 10.2. The van der Waals surface area contributed by atoms with Gasteiger partial charge in [-0.3, -0.25) is 9.69 Å². The maximum absolute atomic E-state index is 12.3. The van der Waals surface area contributed by atoms with Gasteiger partial charge in [0.15, 0.2) is 0 Å². The highest BCUT2D eigenvalue weighted by atomic mass is 16.4. The average molecular weight is 275 g/mol. The number of anilines is 1. The molecule has 0 aliphatic rings. The summed E-state index contributed by atoms with van der Waals surface area (Å²) in [5.74, 6) is -0.948. The van der Waals surface area contributed by atoms with Crippen LogP contribution in [-0.4, -0.2) is 42.1 Å². The van der Waals surface area contributed by atoms with Crippen LogP contribution in [0.5, 0.6) is 0 Å². The van der Waals surface area contributed by atoms with E-state index < -0.39 is 5.97 Å². The Morgan fingerprint density at radius 1 is 1.35 bits per heavy atom. The van der Waals surface area contributed by atoms with Crippen LogP contribution in [0, 0.1) is 11.3 Å². The highest BCUT2D eigenvalue weighted by Crippen LogP contribution is 2.19. The summed E-state index contributed by atoms with van der Waals surface area (Å²) in [6.45, 7) is 2.33. The molecular formula is C14H17N3O3. The van der Waals surface area contributed by atoms with Crippen molar-refractivity contribution < 1.29 is 14.7 Å². The van der Waals surface area contributed by atoms with Gasteiger partial charge in [0.25, 0.3) is 0 Å². The first-order valence-corrected chi connectivity index (χ1v) is 6.24. The molecule has 6 heteroatoms. The van der Waals surface area contributed by atoms with Crippen LogP contribution < -0.4 is 4.90 Å². The number of para-hydroxylation sites is 1. The average Bonchev–Trinajstić information content (AvgIpc) is 2.46. The van der Waals surface area contributed by atoms with E-state index in [0.717, 1.165) is 0 Å². The number of hydrogen-bond acceptors (Lipinski definition) is 3. The van der Waals surface area contributed by atoms with Crippen molar-refractivity contribution >= 4 is 17.7 Å². The molecule has 1 N–H and O–H groups in total. The summed E-state index contributed by atoms with van der Waals surface area (Å²) < 4.78 is 0. The molecule has 0 aliphatic carbocycles. The van der Waals surface area contributed by atoms with Crippen LogP contribution in [0.3, 0.4) is 0 Å². The number of hydrogen-bond donors (Lipinski definition) is 1. The maximum Gasteiger partial charge on any atom is 0.324 e. The Morgan fingerprint density at radius 3 is 2.55 bits per heavy atom. The van der Waals surface area contributed by atoms with Crippen molar-refractivity contribution in [3.05, 3.63) is 29.8 Å². The summed E-state index contributed by atoms with van der Waals surface area (Å²) >= 11 is 0. The number of nitriles is 1. The Bertz CT molecular complexity index is 537. The van der Waals surface area contributed by atoms with Gasteiger partial charge in [-0.15, -0.1) is 0 Å². The van der Waals surface area contributed by atoms with Crippen molar-refractivity contribution in [3.63, 3.8) is 0 Å². The number of aliphatic carboxylic acids is 1. The molecule has 0 radical (unpaired) electrons. The van der Waals surface area contributed by atoms with Gasteiger partial charge in [-0.2, -0.15) is 5.26 Å². The molecule has 0 spiro atoms. The second kappa shape index (κ2) is 7.14. The minimum atomic E-state index is -0.948. The van der Waals surface area contributed by atoms with E-state index in [0.29, 0.717) is 17.8 Å². The lowest BCUT2D eigenvalue weighted by molar-refractivity contribution is -0.137. The lowest BCUT2D eigenvalue weighted by Crippen LogP contribution is -2.42. The van der Waals surface area contributed by atoms with E-state index in [1.54, 1.807) is 38.2 Å². The first kappa shape index (κ1) is 15.5. The third-order valence-electron chi connectivity index (χ3n) is 2.92. The predicted molar refractivity (Wildman–Crippen MR) is 74.5 cm³/mol. The van der Waals surface area contributed by atoms with E-state index in [1.807, 2.05) is 6.07 Å². The Morgan fingerprint density at radius 2 is 2.00 bits per heavy atom. The normalized spacial score (nSPS) is 9.65. The molecule has 0 aliphatic heterocycles. The molecule has 6 nitrogen and oxygen atoms in total. The van der Waals surface area contributed by atoms with Crippen molar-refractivity contribution in [2.75, 3.05) is 25.0 Å². The van der Waals surface area contributed by atoms with Gasteiger partial charge in [0.2, 0.25) is 0 Å². The van der Waals surface area contributed by atoms with Gasteiger partial charge >= 0.3 is 12.0 Å². The molecule has 106 valence electrons. The minimum absolute atomic E-state index is 0.104. The van der Waals surface area contributed by atoms with Crippen molar-refractivity contribution in [3.8, 4) is 6.07 Å². The van der Waals surface area contributed by atoms with Crippen LogP contribution in [0.2, 0.25) is 0 Å². The highest BCUT2D eigenvalue weighted by Gasteiger charge is 2.20. The maximum atomic E-state index is 12.3. The van der Waals surface area contributed by atoms with Gasteiger partial charge in [-0.25, -0.2) is 4.79 Å². The standard InChI is InChI=1S/C14H17N3O3/c1-3-17(9-8-13(18)19)14(20)16(2)12-7-5-4-6-11(12)10-15/h4-7H,3,8-9H2,1-2H3,(H,18,19). The first-order valence-electron chi connectivity index (χ1n) is 6.24. The molecular weight excluding hydrogens is 258 g/mol. The molecule has 0 atom stereocenters. The second-order valence-electron chi connectivity index (χ2n) is 4.19. The fourth-order valence-electron chi connectivity index (χ4n) is 1.80. The SMILES string of the molecule is CCN(CCC(=O)O)C(=O)N(C)c1ccccc1C#N. The van der Waals surface area contributed by atoms with Crippen LogP contribution >= 0.6 is 0 Å². The fraction of sp³-hybridized carbons (Fsp3) is 0.357. The zero-order valence-electron chi connectivity index (χ0n) is 11.5. The zero-order chi connectivity index (χ0) is 15.1. The number of carboxylic acid groups (broad SMARTS) is 1. The topological polar surface area (TPSA) is 84.6 Å². The Kier molecular flexibility index (Phi) is 5.54. The largest absolute Gasteiger partial charge is 0.481 e. The molecule has 0 aromatic heterocycles. The van der Waals surface area contributed by atoms with Crippen LogP contribution in [-0.2, 0) is 4.79 Å². The third kappa shape index (κ3) is 3.72. The summed E-state index contributed by atoms with van der Waals surface area (Å²) in [5, 5.41) is 17.7. The Labute approximate surface area is 117 Å². The van der Waals surface area contributed by atoms with Crippen LogP contribution in [0.1, 0.15) is 18.9 Å². The van der Waals surface area contributed by atoms with Crippen LogP contribution in [0.4, 0.5) is 10.5 Å². The van der Waals surface area contributed by atoms with E-state index in [4.69, 9.17) is 10.4 Å². The van der Waals surface area contributed by atoms with Crippen molar-refractivity contribution in [1.29, 1.82) is 5.26 Å². The number of benzene rings is 1. The summed E-state index contributed by atoms with van der Waals surface area (Å²) in [6.07, 6.45) is -0.104. The van der Waals surface area contributed by atoms with Gasteiger partial charge in [0.1, 0.15) is 6.07 Å². The van der Waals surface area contributed by atoms with E-state index in [-0.39, 0.29) is 19.0 Å². The molecule has 0 fully saturated rings. The van der Waals surface area contributed by atoms with Crippen molar-refractivity contribution in [2.24, 2.45) is 0 Å². The smallest absolute Gasteiger partial charge is 0.324 e. The zero-order valence-corrected chi connectivity index (χ0v) is 11.5. The molecule has 1 aromatic carbocycles. The quantitative estimate of drug-likeness (QED) is 0.889. The van der Waals surface area contributed by atoms with Gasteiger partial charge in [0, 0.05) is 20.1 Å². The lowest BCUT2D eigenvalue weighted by Gasteiger charge is -2.27. The molecule has 0 heterocycles. The van der Waals surface area contributed by atoms with E-state index >= 15 is 0 Å². The summed E-state index contributed by atoms with van der Waals surface area (Å²) in [7, 11) is 1.57. The molecule has 0 saturated carbocycles. The number of carboxylic acids is 1. The summed E-state index contributed by atoms with van der Waals surface area (Å²) in [4.78, 5) is 25.7. The van der Waals surface area contributed by atoms with E-state index in [1.165, 1.54) is 9.80 Å². The van der Waals surface area contributed by atoms with E-state index in [2.05, 4.69) is 0 Å². The monoisotopic (exact) mass is 275 g/mol. The second-order valence-corrected chi connectivity index (χ2v) is 4.19. The van der Waals surface area contributed by atoms with Crippen LogP contribution in [0.15, 0.2) is 24.3 Å². The number of carbonyl (C=O) groups excluding carboxylic acids is 1. The van der Waals surface area contributed by atoms with Gasteiger partial charge in [-0.1, -0.05) is 12.1 Å². The molecule has 1 rings (SSSR count). The van der Waals surface area contributed by atoms with Crippen LogP contribution in [0.25, 0.3) is 0 Å². The van der Waals surface area contributed by atoms with E-state index in [9.17, 15) is 9.59 Å². The first-order chi connectivity index (χ1) is 9.51. The highest BCUT2D eigenvalue weighted by molar-refractivity contribution is 5.93. The molecule has 1 aromatic rings. The van der Waals surface area contributed by atoms with Crippen molar-refractivity contribution in [1.82, 2.24) is 4.90 Å². The molecule has 0 saturated heterocycles. The number of urea groups is 1. The van der Waals surface area contributed by atoms with Gasteiger partial charge < -0.3 is 10.0 Å². The van der Waals surface area contributed by atoms with Gasteiger partial charge in [-0.05, 0) is 19.1 Å². The molecule has 20 heavy (non-hydrogen) atoms. The number of nitrogens with zero attached hydrogens (tertiary/aromatic N) is 3. The number of carbonyl (C=O) groups is 2. The fourth-order valence-corrected chi connectivity index (χ4v) is 1.80. The molecule has 2 amide bonds. The Balaban J connectivity index is 2.89. The molecule has 0 bridgehead atoms.